The average molecular weight is 381 g/mol. The molecule has 27 heavy (non-hydrogen) atoms. The summed E-state index contributed by atoms with van der Waals surface area (Å²) in [4.78, 5) is 39.7. The molecule has 0 aromatic heterocycles. The zero-order chi connectivity index (χ0) is 19.3. The van der Waals surface area contributed by atoms with Gasteiger partial charge in [0.05, 0.1) is 11.4 Å². The number of thioether (sulfide) groups is 1. The van der Waals surface area contributed by atoms with Gasteiger partial charge in [0, 0.05) is 11.3 Å². The molecule has 3 amide bonds. The van der Waals surface area contributed by atoms with Gasteiger partial charge in [0.25, 0.3) is 5.91 Å². The summed E-state index contributed by atoms with van der Waals surface area (Å²) < 4.78 is 0. The molecule has 0 aliphatic carbocycles. The predicted molar refractivity (Wildman–Crippen MR) is 106 cm³/mol. The third kappa shape index (κ3) is 2.53. The van der Waals surface area contributed by atoms with Gasteiger partial charge < -0.3 is 5.73 Å². The van der Waals surface area contributed by atoms with Gasteiger partial charge >= 0.3 is 0 Å². The van der Waals surface area contributed by atoms with Crippen molar-refractivity contribution in [3.05, 3.63) is 59.2 Å². The molecule has 7 heteroatoms. The highest BCUT2D eigenvalue weighted by molar-refractivity contribution is 8.02. The molecule has 2 aromatic rings. The number of carbonyl (C=O) groups excluding carboxylic acids is 3. The second-order valence-electron chi connectivity index (χ2n) is 6.88. The maximum atomic E-state index is 13.5. The van der Waals surface area contributed by atoms with Crippen LogP contribution in [0.1, 0.15) is 16.7 Å². The highest BCUT2D eigenvalue weighted by atomic mass is 32.2. The lowest BCUT2D eigenvalue weighted by Crippen LogP contribution is -2.51. The summed E-state index contributed by atoms with van der Waals surface area (Å²) >= 11 is 1.29. The van der Waals surface area contributed by atoms with E-state index in [1.54, 1.807) is 11.0 Å². The lowest BCUT2D eigenvalue weighted by atomic mass is 10.0. The number of aryl methyl sites for hydroxylation is 2. The fraction of sp³-hybridized carbons (Fsp3) is 0.250. The number of rotatable bonds is 3. The SMILES string of the molecule is Cc1cc(C)cc(N2C(=O)CS[C@]23C(=O)N(CC(N)=O)c2ccccc23)c1. The highest BCUT2D eigenvalue weighted by Crippen LogP contribution is 2.55. The zero-order valence-corrected chi connectivity index (χ0v) is 15.9. The molecule has 4 rings (SSSR count). The highest BCUT2D eigenvalue weighted by Gasteiger charge is 2.61. The molecule has 6 nitrogen and oxygen atoms in total. The molecule has 2 heterocycles. The standard InChI is InChI=1S/C20H19N3O3S/c1-12-7-13(2)9-14(8-12)23-18(25)11-27-20(23)15-5-3-4-6-16(15)22(19(20)26)10-17(21)24/h3-9H,10-11H2,1-2H3,(H2,21,24)/t20-/m1/s1. The van der Waals surface area contributed by atoms with E-state index in [9.17, 15) is 14.4 Å². The Morgan fingerprint density at radius 1 is 1.15 bits per heavy atom. The molecule has 1 spiro atoms. The molecule has 1 saturated heterocycles. The third-order valence-electron chi connectivity index (χ3n) is 4.84. The Bertz CT molecular complexity index is 970. The normalized spacial score (nSPS) is 21.3. The van der Waals surface area contributed by atoms with E-state index in [0.717, 1.165) is 11.1 Å². The van der Waals surface area contributed by atoms with E-state index in [4.69, 9.17) is 5.73 Å². The number of benzene rings is 2. The van der Waals surface area contributed by atoms with Gasteiger partial charge in [-0.05, 0) is 43.2 Å². The Morgan fingerprint density at radius 3 is 2.48 bits per heavy atom. The molecule has 0 unspecified atom stereocenters. The van der Waals surface area contributed by atoms with Crippen molar-refractivity contribution >= 4 is 40.9 Å². The van der Waals surface area contributed by atoms with Gasteiger partial charge in [-0.15, -0.1) is 11.8 Å². The molecular weight excluding hydrogens is 362 g/mol. The second kappa shape index (κ2) is 6.13. The number of carbonyl (C=O) groups is 3. The van der Waals surface area contributed by atoms with Gasteiger partial charge in [-0.25, -0.2) is 0 Å². The Labute approximate surface area is 161 Å². The van der Waals surface area contributed by atoms with Crippen LogP contribution in [0.4, 0.5) is 11.4 Å². The van der Waals surface area contributed by atoms with Gasteiger partial charge in [0.1, 0.15) is 6.54 Å². The third-order valence-corrected chi connectivity index (χ3v) is 6.23. The van der Waals surface area contributed by atoms with E-state index in [0.29, 0.717) is 16.9 Å². The summed E-state index contributed by atoms with van der Waals surface area (Å²) in [6.07, 6.45) is 0. The number of nitrogens with two attached hydrogens (primary N) is 1. The predicted octanol–water partition coefficient (Wildman–Crippen LogP) is 2.07. The van der Waals surface area contributed by atoms with E-state index >= 15 is 0 Å². The largest absolute Gasteiger partial charge is 0.368 e. The van der Waals surface area contributed by atoms with Gasteiger partial charge in [-0.3, -0.25) is 24.2 Å². The maximum absolute atomic E-state index is 13.5. The lowest BCUT2D eigenvalue weighted by molar-refractivity contribution is -0.125. The van der Waals surface area contributed by atoms with Crippen molar-refractivity contribution in [1.82, 2.24) is 0 Å². The van der Waals surface area contributed by atoms with Gasteiger partial charge in [0.2, 0.25) is 16.7 Å². The Kier molecular flexibility index (Phi) is 3.99. The number of primary amides is 1. The maximum Gasteiger partial charge on any atom is 0.269 e. The van der Waals surface area contributed by atoms with E-state index in [1.807, 2.05) is 50.2 Å². The van der Waals surface area contributed by atoms with Crippen LogP contribution in [0.15, 0.2) is 42.5 Å². The van der Waals surface area contributed by atoms with Crippen LogP contribution >= 0.6 is 11.8 Å². The van der Waals surface area contributed by atoms with Crippen LogP contribution in [-0.4, -0.2) is 30.0 Å². The van der Waals surface area contributed by atoms with Crippen LogP contribution < -0.4 is 15.5 Å². The first-order valence-corrected chi connectivity index (χ1v) is 9.58. The molecule has 0 radical (unpaired) electrons. The molecule has 2 N–H and O–H groups in total. The Balaban J connectivity index is 1.93. The summed E-state index contributed by atoms with van der Waals surface area (Å²) in [5.41, 5.74) is 9.42. The molecule has 138 valence electrons. The first kappa shape index (κ1) is 17.6. The van der Waals surface area contributed by atoms with Gasteiger partial charge in [-0.1, -0.05) is 24.3 Å². The number of para-hydroxylation sites is 1. The number of fused-ring (bicyclic) bond motifs is 2. The minimum atomic E-state index is -1.20. The Morgan fingerprint density at radius 2 is 1.81 bits per heavy atom. The van der Waals surface area contributed by atoms with E-state index < -0.39 is 10.8 Å². The molecular formula is C20H19N3O3S. The van der Waals surface area contributed by atoms with Crippen molar-refractivity contribution in [2.24, 2.45) is 5.73 Å². The van der Waals surface area contributed by atoms with Crippen molar-refractivity contribution in [1.29, 1.82) is 0 Å². The smallest absolute Gasteiger partial charge is 0.269 e. The van der Waals surface area contributed by atoms with Gasteiger partial charge in [-0.2, -0.15) is 0 Å². The fourth-order valence-corrected chi connectivity index (χ4v) is 5.31. The fourth-order valence-electron chi connectivity index (χ4n) is 3.95. The number of nitrogens with zero attached hydrogens (tertiary/aromatic N) is 2. The first-order valence-electron chi connectivity index (χ1n) is 8.59. The van der Waals surface area contributed by atoms with Crippen LogP contribution in [0.2, 0.25) is 0 Å². The zero-order valence-electron chi connectivity index (χ0n) is 15.1. The van der Waals surface area contributed by atoms with Crippen LogP contribution in [-0.2, 0) is 19.3 Å². The number of hydrogen-bond acceptors (Lipinski definition) is 4. The van der Waals surface area contributed by atoms with Crippen molar-refractivity contribution < 1.29 is 14.4 Å². The van der Waals surface area contributed by atoms with Crippen molar-refractivity contribution in [3.63, 3.8) is 0 Å². The molecule has 0 saturated carbocycles. The van der Waals surface area contributed by atoms with E-state index in [2.05, 4.69) is 0 Å². The number of amides is 3. The summed E-state index contributed by atoms with van der Waals surface area (Å²) in [5.74, 6) is -0.841. The Hall–Kier alpha value is -2.80. The minimum Gasteiger partial charge on any atom is -0.368 e. The van der Waals surface area contributed by atoms with Crippen LogP contribution in [0.25, 0.3) is 0 Å². The summed E-state index contributed by atoms with van der Waals surface area (Å²) in [6, 6.07) is 13.1. The summed E-state index contributed by atoms with van der Waals surface area (Å²) in [6.45, 7) is 3.70. The van der Waals surface area contributed by atoms with Crippen molar-refractivity contribution in [2.75, 3.05) is 22.1 Å². The van der Waals surface area contributed by atoms with Gasteiger partial charge in [0.15, 0.2) is 0 Å². The quantitative estimate of drug-likeness (QED) is 0.882. The topological polar surface area (TPSA) is 83.7 Å². The number of anilines is 2. The van der Waals surface area contributed by atoms with Crippen LogP contribution in [0, 0.1) is 13.8 Å². The molecule has 2 aliphatic heterocycles. The van der Waals surface area contributed by atoms with E-state index in [-0.39, 0.29) is 24.1 Å². The molecule has 0 bridgehead atoms. The number of hydrogen-bond donors (Lipinski definition) is 1. The van der Waals surface area contributed by atoms with Crippen LogP contribution in [0.5, 0.6) is 0 Å². The van der Waals surface area contributed by atoms with Crippen molar-refractivity contribution in [3.8, 4) is 0 Å². The minimum absolute atomic E-state index is 0.130. The molecule has 2 aromatic carbocycles. The van der Waals surface area contributed by atoms with E-state index in [1.165, 1.54) is 16.7 Å². The summed E-state index contributed by atoms with van der Waals surface area (Å²) in [5, 5.41) is 0. The molecule has 1 atom stereocenters. The monoisotopic (exact) mass is 381 g/mol. The first-order chi connectivity index (χ1) is 12.8. The molecule has 1 fully saturated rings. The average Bonchev–Trinajstić information content (AvgIpc) is 3.06. The van der Waals surface area contributed by atoms with Crippen LogP contribution in [0.3, 0.4) is 0 Å². The second-order valence-corrected chi connectivity index (χ2v) is 8.05. The van der Waals surface area contributed by atoms with Crippen molar-refractivity contribution in [2.45, 2.75) is 18.7 Å². The molecule has 2 aliphatic rings. The lowest BCUT2D eigenvalue weighted by Gasteiger charge is -2.33. The summed E-state index contributed by atoms with van der Waals surface area (Å²) in [7, 11) is 0.